The van der Waals surface area contributed by atoms with Crippen molar-refractivity contribution in [2.45, 2.75) is 32.0 Å². The Morgan fingerprint density at radius 2 is 1.95 bits per heavy atom. The lowest BCUT2D eigenvalue weighted by molar-refractivity contribution is -0.149. The highest BCUT2D eigenvalue weighted by Crippen LogP contribution is 2.24. The fraction of sp³-hybridized carbons (Fsp3) is 0.429. The first kappa shape index (κ1) is 15.3. The minimum atomic E-state index is -4.35. The number of carboxylic acid groups (broad SMARTS) is 1. The van der Waals surface area contributed by atoms with Crippen LogP contribution in [0.2, 0.25) is 0 Å². The van der Waals surface area contributed by atoms with Crippen molar-refractivity contribution in [2.24, 2.45) is 0 Å². The van der Waals surface area contributed by atoms with Gasteiger partial charge >= 0.3 is 12.1 Å². The second-order valence-electron chi connectivity index (χ2n) is 4.97. The maximum atomic E-state index is 12.1. The maximum absolute atomic E-state index is 12.1. The Hall–Kier alpha value is -2.05. The molecular formula is C14H14F3NO3. The molecule has 1 aliphatic rings. The van der Waals surface area contributed by atoms with E-state index in [0.717, 1.165) is 5.56 Å². The largest absolute Gasteiger partial charge is 0.478 e. The van der Waals surface area contributed by atoms with Gasteiger partial charge in [0.25, 0.3) is 0 Å². The molecule has 0 aliphatic carbocycles. The van der Waals surface area contributed by atoms with Gasteiger partial charge in [0.15, 0.2) is 0 Å². The number of hydrogen-bond donors (Lipinski definition) is 1. The highest BCUT2D eigenvalue weighted by molar-refractivity contribution is 5.88. The van der Waals surface area contributed by atoms with E-state index in [1.165, 1.54) is 17.0 Å². The molecule has 0 spiro atoms. The molecule has 1 N–H and O–H groups in total. The Balaban J connectivity index is 2.06. The second kappa shape index (κ2) is 5.75. The van der Waals surface area contributed by atoms with Crippen molar-refractivity contribution in [1.29, 1.82) is 0 Å². The smallest absolute Gasteiger partial charge is 0.389 e. The van der Waals surface area contributed by atoms with Crippen LogP contribution >= 0.6 is 0 Å². The van der Waals surface area contributed by atoms with Gasteiger partial charge in [0.2, 0.25) is 5.91 Å². The van der Waals surface area contributed by atoms with Gasteiger partial charge < -0.3 is 10.0 Å². The number of nitrogens with zero attached hydrogens (tertiary/aromatic N) is 1. The number of carboxylic acids is 1. The van der Waals surface area contributed by atoms with Gasteiger partial charge in [-0.2, -0.15) is 13.2 Å². The van der Waals surface area contributed by atoms with Crippen molar-refractivity contribution in [3.8, 4) is 0 Å². The zero-order valence-electron chi connectivity index (χ0n) is 11.1. The molecule has 0 fully saturated rings. The molecule has 1 aromatic rings. The number of fused-ring (bicyclic) bond motifs is 1. The highest BCUT2D eigenvalue weighted by atomic mass is 19.4. The van der Waals surface area contributed by atoms with E-state index in [1.54, 1.807) is 6.07 Å². The molecule has 0 aromatic heterocycles. The van der Waals surface area contributed by atoms with Crippen LogP contribution in [0.3, 0.4) is 0 Å². The average Bonchev–Trinajstić information content (AvgIpc) is 2.42. The van der Waals surface area contributed by atoms with E-state index >= 15 is 0 Å². The van der Waals surface area contributed by atoms with E-state index < -0.39 is 30.9 Å². The Labute approximate surface area is 119 Å². The van der Waals surface area contributed by atoms with Crippen molar-refractivity contribution in [2.75, 3.05) is 6.54 Å². The molecule has 0 atom stereocenters. The summed E-state index contributed by atoms with van der Waals surface area (Å²) in [5.41, 5.74) is 1.72. The Morgan fingerprint density at radius 3 is 2.57 bits per heavy atom. The van der Waals surface area contributed by atoms with Crippen molar-refractivity contribution in [3.63, 3.8) is 0 Å². The first-order chi connectivity index (χ1) is 9.76. The molecule has 0 unspecified atom stereocenters. The van der Waals surface area contributed by atoms with E-state index in [2.05, 4.69) is 0 Å². The average molecular weight is 301 g/mol. The minimum Gasteiger partial charge on any atom is -0.478 e. The zero-order valence-corrected chi connectivity index (χ0v) is 11.1. The van der Waals surface area contributed by atoms with Crippen LogP contribution < -0.4 is 0 Å². The molecule has 0 radical (unpaired) electrons. The van der Waals surface area contributed by atoms with E-state index in [-0.39, 0.29) is 12.1 Å². The monoisotopic (exact) mass is 301 g/mol. The molecule has 21 heavy (non-hydrogen) atoms. The first-order valence-corrected chi connectivity index (χ1v) is 6.46. The number of carbonyl (C=O) groups is 2. The molecular weight excluding hydrogens is 287 g/mol. The number of carbonyl (C=O) groups excluding carboxylic acids is 1. The van der Waals surface area contributed by atoms with E-state index in [9.17, 15) is 22.8 Å². The third kappa shape index (κ3) is 3.96. The van der Waals surface area contributed by atoms with E-state index in [4.69, 9.17) is 5.11 Å². The third-order valence-corrected chi connectivity index (χ3v) is 3.44. The summed E-state index contributed by atoms with van der Waals surface area (Å²) in [5, 5.41) is 8.93. The van der Waals surface area contributed by atoms with Gasteiger partial charge in [-0.15, -0.1) is 0 Å². The fourth-order valence-corrected chi connectivity index (χ4v) is 2.31. The molecule has 0 saturated heterocycles. The summed E-state index contributed by atoms with van der Waals surface area (Å²) in [5.74, 6) is -1.63. The van der Waals surface area contributed by atoms with Crippen LogP contribution in [0.1, 0.15) is 34.3 Å². The number of amides is 1. The van der Waals surface area contributed by atoms with E-state index in [0.29, 0.717) is 18.5 Å². The molecule has 1 heterocycles. The number of rotatable bonds is 3. The van der Waals surface area contributed by atoms with Gasteiger partial charge in [-0.3, -0.25) is 4.79 Å². The van der Waals surface area contributed by atoms with Crippen LogP contribution in [-0.2, 0) is 17.8 Å². The predicted molar refractivity (Wildman–Crippen MR) is 67.8 cm³/mol. The van der Waals surface area contributed by atoms with Crippen LogP contribution in [0.4, 0.5) is 13.2 Å². The number of aromatic carboxylic acids is 1. The summed E-state index contributed by atoms with van der Waals surface area (Å²) >= 11 is 0. The molecule has 1 aliphatic heterocycles. The second-order valence-corrected chi connectivity index (χ2v) is 4.97. The van der Waals surface area contributed by atoms with Gasteiger partial charge in [-0.25, -0.2) is 4.79 Å². The molecule has 7 heteroatoms. The molecule has 2 rings (SSSR count). The number of alkyl halides is 3. The zero-order chi connectivity index (χ0) is 15.6. The number of hydrogen-bond acceptors (Lipinski definition) is 2. The van der Waals surface area contributed by atoms with E-state index in [1.807, 2.05) is 0 Å². The molecule has 1 aromatic carbocycles. The lowest BCUT2D eigenvalue weighted by Gasteiger charge is -2.29. The van der Waals surface area contributed by atoms with Gasteiger partial charge in [0.1, 0.15) is 0 Å². The lowest BCUT2D eigenvalue weighted by atomic mass is 9.97. The van der Waals surface area contributed by atoms with Crippen molar-refractivity contribution in [3.05, 3.63) is 34.9 Å². The molecule has 0 saturated carbocycles. The van der Waals surface area contributed by atoms with Gasteiger partial charge in [-0.05, 0) is 29.7 Å². The van der Waals surface area contributed by atoms with Gasteiger partial charge in [-0.1, -0.05) is 6.07 Å². The Kier molecular flexibility index (Phi) is 4.20. The summed E-state index contributed by atoms with van der Waals surface area (Å²) in [6, 6.07) is 4.65. The quantitative estimate of drug-likeness (QED) is 0.933. The normalized spacial score (nSPS) is 14.7. The summed E-state index contributed by atoms with van der Waals surface area (Å²) < 4.78 is 36.4. The van der Waals surface area contributed by atoms with Gasteiger partial charge in [0.05, 0.1) is 12.0 Å². The Morgan fingerprint density at radius 1 is 1.24 bits per heavy atom. The van der Waals surface area contributed by atoms with Crippen LogP contribution in [0.5, 0.6) is 0 Å². The maximum Gasteiger partial charge on any atom is 0.389 e. The van der Waals surface area contributed by atoms with Crippen molar-refractivity contribution < 1.29 is 27.9 Å². The van der Waals surface area contributed by atoms with Crippen LogP contribution in [0.25, 0.3) is 0 Å². The van der Waals surface area contributed by atoms with Crippen molar-refractivity contribution >= 4 is 11.9 Å². The third-order valence-electron chi connectivity index (χ3n) is 3.44. The molecule has 4 nitrogen and oxygen atoms in total. The van der Waals surface area contributed by atoms with Crippen LogP contribution in [-0.4, -0.2) is 34.6 Å². The van der Waals surface area contributed by atoms with Gasteiger partial charge in [0, 0.05) is 19.5 Å². The number of halogens is 3. The summed E-state index contributed by atoms with van der Waals surface area (Å²) in [4.78, 5) is 24.0. The lowest BCUT2D eigenvalue weighted by Crippen LogP contribution is -2.36. The summed E-state index contributed by atoms with van der Waals surface area (Å²) in [7, 11) is 0. The molecule has 0 bridgehead atoms. The fourth-order valence-electron chi connectivity index (χ4n) is 2.31. The summed E-state index contributed by atoms with van der Waals surface area (Å²) in [6.07, 6.45) is -5.53. The highest BCUT2D eigenvalue weighted by Gasteiger charge is 2.30. The minimum absolute atomic E-state index is 0.110. The molecule has 114 valence electrons. The van der Waals surface area contributed by atoms with Crippen LogP contribution in [0.15, 0.2) is 18.2 Å². The van der Waals surface area contributed by atoms with Crippen molar-refractivity contribution in [1.82, 2.24) is 4.90 Å². The topological polar surface area (TPSA) is 57.6 Å². The number of benzene rings is 1. The SMILES string of the molecule is O=C(O)c1ccc2c(c1)CN(C(=O)CCC(F)(F)F)CC2. The predicted octanol–water partition coefficient (Wildman–Crippen LogP) is 2.61. The molecule has 1 amide bonds. The summed E-state index contributed by atoms with van der Waals surface area (Å²) in [6.45, 7) is 0.517. The van der Waals surface area contributed by atoms with Crippen LogP contribution in [0, 0.1) is 0 Å². The first-order valence-electron chi connectivity index (χ1n) is 6.46. The standard InChI is InChI=1S/C14H14F3NO3/c15-14(16,17)5-3-12(19)18-6-4-9-1-2-10(13(20)21)7-11(9)8-18/h1-2,7H,3-6,8H2,(H,20,21). The Bertz CT molecular complexity index is 569.